The largest absolute Gasteiger partial charge is 0.375 e. The highest BCUT2D eigenvalue weighted by Crippen LogP contribution is 2.00. The van der Waals surface area contributed by atoms with Crippen LogP contribution in [0.5, 0.6) is 0 Å². The van der Waals surface area contributed by atoms with Gasteiger partial charge in [-0.1, -0.05) is 30.3 Å². The fourth-order valence-corrected chi connectivity index (χ4v) is 1.35. The molecule has 1 aromatic carbocycles. The molecule has 0 spiro atoms. The maximum absolute atomic E-state index is 5.85. The molecule has 5 N–H and O–H groups in total. The summed E-state index contributed by atoms with van der Waals surface area (Å²) in [4.78, 5) is 0. The Bertz CT molecular complexity index is 266. The van der Waals surface area contributed by atoms with Crippen LogP contribution in [0.1, 0.15) is 5.56 Å². The van der Waals surface area contributed by atoms with Crippen molar-refractivity contribution in [1.29, 1.82) is 0 Å². The van der Waals surface area contributed by atoms with Crippen LogP contribution in [0, 0.1) is 0 Å². The van der Waals surface area contributed by atoms with Crippen LogP contribution in [0.15, 0.2) is 30.3 Å². The minimum atomic E-state index is 0.0234. The van der Waals surface area contributed by atoms with Gasteiger partial charge in [-0.05, 0) is 5.56 Å². The van der Waals surface area contributed by atoms with Crippen LogP contribution in [-0.4, -0.2) is 32.3 Å². The van der Waals surface area contributed by atoms with E-state index < -0.39 is 0 Å². The number of ether oxygens (including phenoxy) is 1. The number of hydrogen-bond acceptors (Lipinski definition) is 4. The molecule has 90 valence electrons. The van der Waals surface area contributed by atoms with Gasteiger partial charge in [-0.25, -0.2) is 0 Å². The first-order valence-electron chi connectivity index (χ1n) is 5.61. The summed E-state index contributed by atoms with van der Waals surface area (Å²) in [6, 6.07) is 10.1. The fraction of sp³-hybridized carbons (Fsp3) is 0.500. The lowest BCUT2D eigenvalue weighted by Gasteiger charge is -2.12. The predicted octanol–water partition coefficient (Wildman–Crippen LogP) is 0.0788. The summed E-state index contributed by atoms with van der Waals surface area (Å²) in [5, 5.41) is 3.15. The minimum Gasteiger partial charge on any atom is -0.375 e. The molecule has 0 saturated carbocycles. The lowest BCUT2D eigenvalue weighted by molar-refractivity contribution is 0.107. The first-order valence-corrected chi connectivity index (χ1v) is 5.61. The van der Waals surface area contributed by atoms with Gasteiger partial charge in [0.2, 0.25) is 0 Å². The van der Waals surface area contributed by atoms with E-state index in [0.29, 0.717) is 19.8 Å². The minimum absolute atomic E-state index is 0.0234. The predicted molar refractivity (Wildman–Crippen MR) is 66.0 cm³/mol. The average molecular weight is 223 g/mol. The molecule has 1 rings (SSSR count). The van der Waals surface area contributed by atoms with Crippen LogP contribution >= 0.6 is 0 Å². The zero-order valence-electron chi connectivity index (χ0n) is 9.56. The zero-order chi connectivity index (χ0) is 11.6. The second-order valence-electron chi connectivity index (χ2n) is 3.75. The summed E-state index contributed by atoms with van der Waals surface area (Å²) in [6.45, 7) is 3.36. The van der Waals surface area contributed by atoms with E-state index >= 15 is 0 Å². The van der Waals surface area contributed by atoms with Crippen LogP contribution in [0.3, 0.4) is 0 Å². The third-order valence-electron chi connectivity index (χ3n) is 2.17. The summed E-state index contributed by atoms with van der Waals surface area (Å²) in [7, 11) is 0. The molecule has 0 radical (unpaired) electrons. The summed E-state index contributed by atoms with van der Waals surface area (Å²) in [5.41, 5.74) is 12.4. The maximum Gasteiger partial charge on any atom is 0.0717 e. The number of benzene rings is 1. The van der Waals surface area contributed by atoms with E-state index in [4.69, 9.17) is 16.2 Å². The second-order valence-corrected chi connectivity index (χ2v) is 3.75. The van der Waals surface area contributed by atoms with Crippen molar-refractivity contribution in [2.24, 2.45) is 11.5 Å². The topological polar surface area (TPSA) is 73.3 Å². The molecule has 0 aliphatic heterocycles. The highest BCUT2D eigenvalue weighted by atomic mass is 16.5. The Morgan fingerprint density at radius 2 is 2.00 bits per heavy atom. The van der Waals surface area contributed by atoms with Crippen LogP contribution in [0.2, 0.25) is 0 Å². The highest BCUT2D eigenvalue weighted by molar-refractivity contribution is 5.13. The Balaban J connectivity index is 2.06. The molecule has 1 aromatic rings. The molecule has 1 atom stereocenters. The third-order valence-corrected chi connectivity index (χ3v) is 2.17. The van der Waals surface area contributed by atoms with Crippen molar-refractivity contribution < 1.29 is 4.74 Å². The Kier molecular flexibility index (Phi) is 6.76. The van der Waals surface area contributed by atoms with E-state index in [0.717, 1.165) is 13.1 Å². The number of nitrogens with two attached hydrogens (primary N) is 2. The van der Waals surface area contributed by atoms with E-state index in [1.54, 1.807) is 0 Å². The average Bonchev–Trinajstić information content (AvgIpc) is 2.31. The van der Waals surface area contributed by atoms with E-state index in [1.807, 2.05) is 30.3 Å². The molecule has 0 aliphatic carbocycles. The Hall–Kier alpha value is -0.940. The van der Waals surface area contributed by atoms with Crippen molar-refractivity contribution in [2.45, 2.75) is 12.6 Å². The normalized spacial score (nSPS) is 12.6. The molecule has 0 bridgehead atoms. The van der Waals surface area contributed by atoms with Gasteiger partial charge in [0.1, 0.15) is 0 Å². The van der Waals surface area contributed by atoms with Crippen molar-refractivity contribution >= 4 is 0 Å². The summed E-state index contributed by atoms with van der Waals surface area (Å²) >= 11 is 0. The molecule has 0 fully saturated rings. The monoisotopic (exact) mass is 223 g/mol. The first-order chi connectivity index (χ1) is 7.83. The van der Waals surface area contributed by atoms with E-state index in [1.165, 1.54) is 5.56 Å². The molecule has 0 saturated heterocycles. The van der Waals surface area contributed by atoms with Gasteiger partial charge in [-0.15, -0.1) is 0 Å². The first kappa shape index (κ1) is 13.1. The van der Waals surface area contributed by atoms with Gasteiger partial charge in [-0.2, -0.15) is 0 Å². The Morgan fingerprint density at radius 3 is 2.69 bits per heavy atom. The van der Waals surface area contributed by atoms with Gasteiger partial charge in [0, 0.05) is 25.7 Å². The molecule has 0 aliphatic rings. The lowest BCUT2D eigenvalue weighted by Crippen LogP contribution is -2.39. The molecule has 4 heteroatoms. The van der Waals surface area contributed by atoms with Crippen LogP contribution < -0.4 is 16.8 Å². The van der Waals surface area contributed by atoms with E-state index in [-0.39, 0.29) is 6.04 Å². The number of nitrogens with one attached hydrogen (secondary N) is 1. The van der Waals surface area contributed by atoms with Crippen molar-refractivity contribution in [2.75, 3.05) is 26.2 Å². The Morgan fingerprint density at radius 1 is 1.25 bits per heavy atom. The van der Waals surface area contributed by atoms with Gasteiger partial charge in [0.05, 0.1) is 13.2 Å². The van der Waals surface area contributed by atoms with Crippen molar-refractivity contribution in [3.05, 3.63) is 35.9 Å². The smallest absolute Gasteiger partial charge is 0.0717 e. The number of rotatable bonds is 8. The van der Waals surface area contributed by atoms with Crippen molar-refractivity contribution in [3.8, 4) is 0 Å². The summed E-state index contributed by atoms with van der Waals surface area (Å²) in [6.07, 6.45) is 0. The standard InChI is InChI=1S/C12H21N3O/c13-6-7-15-8-12(14)10-16-9-11-4-2-1-3-5-11/h1-5,12,15H,6-10,13-14H2. The molecular formula is C12H21N3O. The second kappa shape index (κ2) is 8.24. The van der Waals surface area contributed by atoms with Gasteiger partial charge in [-0.3, -0.25) is 0 Å². The van der Waals surface area contributed by atoms with Crippen molar-refractivity contribution in [1.82, 2.24) is 5.32 Å². The molecule has 0 amide bonds. The molecule has 1 unspecified atom stereocenters. The van der Waals surface area contributed by atoms with Crippen LogP contribution in [0.25, 0.3) is 0 Å². The molecule has 0 heterocycles. The Labute approximate surface area is 97.0 Å². The van der Waals surface area contributed by atoms with Crippen LogP contribution in [-0.2, 0) is 11.3 Å². The molecule has 4 nitrogen and oxygen atoms in total. The van der Waals surface area contributed by atoms with Crippen molar-refractivity contribution in [3.63, 3.8) is 0 Å². The summed E-state index contributed by atoms with van der Waals surface area (Å²) in [5.74, 6) is 0. The van der Waals surface area contributed by atoms with Gasteiger partial charge in [0.15, 0.2) is 0 Å². The van der Waals surface area contributed by atoms with E-state index in [9.17, 15) is 0 Å². The lowest BCUT2D eigenvalue weighted by atomic mass is 10.2. The summed E-state index contributed by atoms with van der Waals surface area (Å²) < 4.78 is 5.52. The van der Waals surface area contributed by atoms with Gasteiger partial charge < -0.3 is 21.5 Å². The van der Waals surface area contributed by atoms with E-state index in [2.05, 4.69) is 5.32 Å². The van der Waals surface area contributed by atoms with Crippen LogP contribution in [0.4, 0.5) is 0 Å². The quantitative estimate of drug-likeness (QED) is 0.546. The molecule has 0 aromatic heterocycles. The van der Waals surface area contributed by atoms with Gasteiger partial charge in [0.25, 0.3) is 0 Å². The fourth-order valence-electron chi connectivity index (χ4n) is 1.35. The van der Waals surface area contributed by atoms with Gasteiger partial charge >= 0.3 is 0 Å². The molecule has 16 heavy (non-hydrogen) atoms. The zero-order valence-corrected chi connectivity index (χ0v) is 9.56. The highest BCUT2D eigenvalue weighted by Gasteiger charge is 2.01. The maximum atomic E-state index is 5.85. The third kappa shape index (κ3) is 5.82. The molecular weight excluding hydrogens is 202 g/mol. The number of hydrogen-bond donors (Lipinski definition) is 3. The SMILES string of the molecule is NCCNCC(N)COCc1ccccc1.